The first kappa shape index (κ1) is 17.8. The zero-order chi connectivity index (χ0) is 16.5. The normalized spacial score (nSPS) is 14.6. The molecule has 1 fully saturated rings. The molecule has 0 unspecified atom stereocenters. The molecule has 1 aromatic carbocycles. The molecule has 0 aromatic heterocycles. The molecule has 0 saturated carbocycles. The summed E-state index contributed by atoms with van der Waals surface area (Å²) in [6.45, 7) is 4.07. The molecule has 2 rings (SSSR count). The molecule has 0 spiro atoms. The Morgan fingerprint density at radius 2 is 2.04 bits per heavy atom. The van der Waals surface area contributed by atoms with Gasteiger partial charge in [-0.3, -0.25) is 9.59 Å². The van der Waals surface area contributed by atoms with Crippen molar-refractivity contribution < 1.29 is 14.3 Å². The van der Waals surface area contributed by atoms with E-state index in [0.29, 0.717) is 18.7 Å². The molecule has 23 heavy (non-hydrogen) atoms. The van der Waals surface area contributed by atoms with Crippen LogP contribution < -0.4 is 10.6 Å². The van der Waals surface area contributed by atoms with E-state index < -0.39 is 0 Å². The molecule has 1 aliphatic rings. The quantitative estimate of drug-likeness (QED) is 0.563. The summed E-state index contributed by atoms with van der Waals surface area (Å²) >= 11 is 1.39. The molecule has 1 aromatic rings. The highest BCUT2D eigenvalue weighted by Gasteiger charge is 2.20. The lowest BCUT2D eigenvalue weighted by atomic mass is 10.2. The monoisotopic (exact) mass is 337 g/mol. The van der Waals surface area contributed by atoms with Gasteiger partial charge in [0.2, 0.25) is 5.91 Å². The smallest absolute Gasteiger partial charge is 0.255 e. The Morgan fingerprint density at radius 1 is 1.30 bits per heavy atom. The van der Waals surface area contributed by atoms with E-state index in [9.17, 15) is 9.59 Å². The third-order valence-electron chi connectivity index (χ3n) is 3.51. The van der Waals surface area contributed by atoms with Crippen LogP contribution >= 0.6 is 11.8 Å². The molecule has 0 atom stereocenters. The second-order valence-electron chi connectivity index (χ2n) is 5.17. The number of benzene rings is 1. The average molecular weight is 337 g/mol. The lowest BCUT2D eigenvalue weighted by Gasteiger charge is -2.28. The minimum Gasteiger partial charge on any atom is -0.383 e. The van der Waals surface area contributed by atoms with E-state index in [-0.39, 0.29) is 17.6 Å². The molecule has 2 N–H and O–H groups in total. The third kappa shape index (κ3) is 5.53. The maximum atomic E-state index is 12.6. The zero-order valence-corrected chi connectivity index (χ0v) is 14.2. The van der Waals surface area contributed by atoms with Gasteiger partial charge in [0.15, 0.2) is 0 Å². The second kappa shape index (κ2) is 9.54. The van der Waals surface area contributed by atoms with Gasteiger partial charge in [0, 0.05) is 44.7 Å². The minimum atomic E-state index is -0.0588. The third-order valence-corrected chi connectivity index (χ3v) is 4.58. The van der Waals surface area contributed by atoms with Crippen LogP contribution in [0.4, 0.5) is 0 Å². The highest BCUT2D eigenvalue weighted by molar-refractivity contribution is 8.00. The average Bonchev–Trinajstić information content (AvgIpc) is 2.60. The van der Waals surface area contributed by atoms with Crippen LogP contribution in [0, 0.1) is 0 Å². The fourth-order valence-corrected chi connectivity index (χ4v) is 3.17. The van der Waals surface area contributed by atoms with Gasteiger partial charge in [0.1, 0.15) is 0 Å². The van der Waals surface area contributed by atoms with Crippen molar-refractivity contribution in [1.82, 2.24) is 15.5 Å². The van der Waals surface area contributed by atoms with E-state index in [0.717, 1.165) is 31.1 Å². The number of ether oxygens (including phenoxy) is 1. The Labute approximate surface area is 140 Å². The summed E-state index contributed by atoms with van der Waals surface area (Å²) in [6.07, 6.45) is 0. The van der Waals surface area contributed by atoms with Crippen LogP contribution in [0.3, 0.4) is 0 Å². The topological polar surface area (TPSA) is 70.7 Å². The van der Waals surface area contributed by atoms with Crippen LogP contribution in [0.2, 0.25) is 0 Å². The molecule has 7 heteroatoms. The number of hydrogen-bond donors (Lipinski definition) is 2. The van der Waals surface area contributed by atoms with Crippen LogP contribution in [-0.4, -0.2) is 68.9 Å². The van der Waals surface area contributed by atoms with Crippen molar-refractivity contribution >= 4 is 23.6 Å². The van der Waals surface area contributed by atoms with E-state index in [1.165, 1.54) is 11.8 Å². The fourth-order valence-electron chi connectivity index (χ4n) is 2.29. The molecule has 0 aliphatic carbocycles. The first-order valence-electron chi connectivity index (χ1n) is 7.70. The van der Waals surface area contributed by atoms with Crippen molar-refractivity contribution in [3.8, 4) is 0 Å². The predicted molar refractivity (Wildman–Crippen MR) is 90.8 cm³/mol. The standard InChI is InChI=1S/C16H23N3O3S/c1-22-11-8-18-15(20)12-23-14-5-3-2-4-13(14)16(21)19-9-6-17-7-10-19/h2-5,17H,6-12H2,1H3,(H,18,20). The molecule has 126 valence electrons. The Morgan fingerprint density at radius 3 is 2.78 bits per heavy atom. The number of thioether (sulfide) groups is 1. The molecular weight excluding hydrogens is 314 g/mol. The highest BCUT2D eigenvalue weighted by Crippen LogP contribution is 2.23. The number of piperazine rings is 1. The zero-order valence-electron chi connectivity index (χ0n) is 13.3. The number of rotatable bonds is 7. The number of nitrogens with one attached hydrogen (secondary N) is 2. The maximum absolute atomic E-state index is 12.6. The largest absolute Gasteiger partial charge is 0.383 e. The van der Waals surface area contributed by atoms with E-state index >= 15 is 0 Å². The summed E-state index contributed by atoms with van der Waals surface area (Å²) in [4.78, 5) is 27.1. The Kier molecular flexibility index (Phi) is 7.38. The summed E-state index contributed by atoms with van der Waals surface area (Å²) in [6, 6.07) is 7.47. The van der Waals surface area contributed by atoms with Crippen molar-refractivity contribution in [3.05, 3.63) is 29.8 Å². The van der Waals surface area contributed by atoms with Crippen molar-refractivity contribution in [2.75, 3.05) is 52.2 Å². The lowest BCUT2D eigenvalue weighted by Crippen LogP contribution is -2.46. The summed E-state index contributed by atoms with van der Waals surface area (Å²) in [5, 5.41) is 6.02. The molecule has 6 nitrogen and oxygen atoms in total. The van der Waals surface area contributed by atoms with Crippen LogP contribution in [0.15, 0.2) is 29.2 Å². The van der Waals surface area contributed by atoms with Gasteiger partial charge in [-0.25, -0.2) is 0 Å². The molecule has 1 heterocycles. The van der Waals surface area contributed by atoms with Gasteiger partial charge < -0.3 is 20.3 Å². The fraction of sp³-hybridized carbons (Fsp3) is 0.500. The van der Waals surface area contributed by atoms with Gasteiger partial charge in [0.25, 0.3) is 5.91 Å². The minimum absolute atomic E-state index is 0.0365. The molecule has 0 bridgehead atoms. The lowest BCUT2D eigenvalue weighted by molar-refractivity contribution is -0.118. The maximum Gasteiger partial charge on any atom is 0.255 e. The van der Waals surface area contributed by atoms with Gasteiger partial charge >= 0.3 is 0 Å². The molecule has 2 amide bonds. The van der Waals surface area contributed by atoms with E-state index in [1.54, 1.807) is 7.11 Å². The van der Waals surface area contributed by atoms with Crippen LogP contribution in [0.25, 0.3) is 0 Å². The van der Waals surface area contributed by atoms with Gasteiger partial charge in [-0.05, 0) is 12.1 Å². The number of nitrogens with zero attached hydrogens (tertiary/aromatic N) is 1. The summed E-state index contributed by atoms with van der Waals surface area (Å²) in [5.74, 6) is 0.265. The van der Waals surface area contributed by atoms with Crippen LogP contribution in [-0.2, 0) is 9.53 Å². The summed E-state index contributed by atoms with van der Waals surface area (Å²) in [5.41, 5.74) is 0.670. The first-order valence-corrected chi connectivity index (χ1v) is 8.68. The van der Waals surface area contributed by atoms with Gasteiger partial charge in [-0.15, -0.1) is 11.8 Å². The molecule has 1 saturated heterocycles. The number of hydrogen-bond acceptors (Lipinski definition) is 5. The molecular formula is C16H23N3O3S. The Hall–Kier alpha value is -1.57. The van der Waals surface area contributed by atoms with E-state index in [4.69, 9.17) is 4.74 Å². The van der Waals surface area contributed by atoms with Crippen LogP contribution in [0.5, 0.6) is 0 Å². The number of methoxy groups -OCH3 is 1. The second-order valence-corrected chi connectivity index (χ2v) is 6.19. The van der Waals surface area contributed by atoms with Gasteiger partial charge in [-0.1, -0.05) is 12.1 Å². The van der Waals surface area contributed by atoms with E-state index in [2.05, 4.69) is 10.6 Å². The van der Waals surface area contributed by atoms with Crippen LogP contribution in [0.1, 0.15) is 10.4 Å². The molecule has 0 radical (unpaired) electrons. The van der Waals surface area contributed by atoms with E-state index in [1.807, 2.05) is 29.2 Å². The van der Waals surface area contributed by atoms with Crippen molar-refractivity contribution in [2.45, 2.75) is 4.90 Å². The Balaban J connectivity index is 1.94. The molecule has 1 aliphatic heterocycles. The van der Waals surface area contributed by atoms with Crippen molar-refractivity contribution in [3.63, 3.8) is 0 Å². The number of carbonyl (C=O) groups is 2. The summed E-state index contributed by atoms with van der Waals surface area (Å²) in [7, 11) is 1.60. The predicted octanol–water partition coefficient (Wildman–Crippen LogP) is 0.587. The Bertz CT molecular complexity index is 533. The number of amides is 2. The number of carbonyl (C=O) groups excluding carboxylic acids is 2. The van der Waals surface area contributed by atoms with Gasteiger partial charge in [0.05, 0.1) is 17.9 Å². The van der Waals surface area contributed by atoms with Crippen molar-refractivity contribution in [1.29, 1.82) is 0 Å². The van der Waals surface area contributed by atoms with Gasteiger partial charge in [-0.2, -0.15) is 0 Å². The summed E-state index contributed by atoms with van der Waals surface area (Å²) < 4.78 is 4.90. The highest BCUT2D eigenvalue weighted by atomic mass is 32.2. The van der Waals surface area contributed by atoms with Crippen molar-refractivity contribution in [2.24, 2.45) is 0 Å². The first-order chi connectivity index (χ1) is 11.2. The SMILES string of the molecule is COCCNC(=O)CSc1ccccc1C(=O)N1CCNCC1.